The molecule has 3 heteroatoms. The number of hydrogen-bond acceptors (Lipinski definition) is 2. The summed E-state index contributed by atoms with van der Waals surface area (Å²) in [5.74, 6) is 0. The van der Waals surface area contributed by atoms with Gasteiger partial charge in [-0.25, -0.2) is 0 Å². The summed E-state index contributed by atoms with van der Waals surface area (Å²) in [5, 5.41) is 11.9. The first-order valence-corrected chi connectivity index (χ1v) is 4.61. The van der Waals surface area contributed by atoms with Gasteiger partial charge in [0.2, 0.25) is 0 Å². The maximum Gasteiger partial charge on any atom is 0.101 e. The molecule has 0 saturated heterocycles. The van der Waals surface area contributed by atoms with Crippen molar-refractivity contribution in [2.45, 2.75) is 0 Å². The molecule has 0 radical (unpaired) electrons. The molecule has 0 aliphatic carbocycles. The van der Waals surface area contributed by atoms with Gasteiger partial charge in [-0.05, 0) is 18.2 Å². The third-order valence-electron chi connectivity index (χ3n) is 1.54. The Bertz CT molecular complexity index is 352. The van der Waals surface area contributed by atoms with Crippen LogP contribution in [0, 0.1) is 11.3 Å². The molecule has 0 fully saturated rings. The van der Waals surface area contributed by atoms with Crippen LogP contribution in [0.5, 0.6) is 0 Å². The lowest BCUT2D eigenvalue weighted by Crippen LogP contribution is -1.99. The highest BCUT2D eigenvalue weighted by atomic mass is 79.9. The summed E-state index contributed by atoms with van der Waals surface area (Å²) >= 11 is 3.31. The van der Waals surface area contributed by atoms with Crippen LogP contribution in [0.3, 0.4) is 0 Å². The standard InChI is InChI=1S/C10H9BrN2/c1-2-5-13-10-4-3-9(11)6-8(10)7-12/h2-4,6,13H,1,5H2. The van der Waals surface area contributed by atoms with Gasteiger partial charge in [-0.1, -0.05) is 22.0 Å². The van der Waals surface area contributed by atoms with Gasteiger partial charge in [0, 0.05) is 11.0 Å². The van der Waals surface area contributed by atoms with Crippen molar-refractivity contribution in [1.29, 1.82) is 5.26 Å². The van der Waals surface area contributed by atoms with E-state index in [1.54, 1.807) is 12.1 Å². The molecule has 0 heterocycles. The second-order valence-electron chi connectivity index (χ2n) is 2.47. The monoisotopic (exact) mass is 236 g/mol. The molecule has 0 bridgehead atoms. The molecule has 66 valence electrons. The van der Waals surface area contributed by atoms with E-state index in [9.17, 15) is 0 Å². The summed E-state index contributed by atoms with van der Waals surface area (Å²) < 4.78 is 0.910. The smallest absolute Gasteiger partial charge is 0.101 e. The average molecular weight is 237 g/mol. The quantitative estimate of drug-likeness (QED) is 0.820. The van der Waals surface area contributed by atoms with Gasteiger partial charge in [0.15, 0.2) is 0 Å². The minimum absolute atomic E-state index is 0.635. The highest BCUT2D eigenvalue weighted by Crippen LogP contribution is 2.19. The second-order valence-corrected chi connectivity index (χ2v) is 3.39. The molecule has 0 atom stereocenters. The molecule has 0 spiro atoms. The van der Waals surface area contributed by atoms with Gasteiger partial charge in [0.1, 0.15) is 6.07 Å². The SMILES string of the molecule is C=CCNc1ccc(Br)cc1C#N. The number of nitriles is 1. The van der Waals surface area contributed by atoms with E-state index in [1.165, 1.54) is 0 Å². The fourth-order valence-corrected chi connectivity index (χ4v) is 1.31. The van der Waals surface area contributed by atoms with Crippen molar-refractivity contribution in [2.75, 3.05) is 11.9 Å². The molecular formula is C10H9BrN2. The van der Waals surface area contributed by atoms with Crippen LogP contribution in [0.15, 0.2) is 35.3 Å². The zero-order chi connectivity index (χ0) is 9.68. The normalized spacial score (nSPS) is 8.92. The Labute approximate surface area is 86.0 Å². The summed E-state index contributed by atoms with van der Waals surface area (Å²) in [6.45, 7) is 4.26. The Morgan fingerprint density at radius 2 is 2.38 bits per heavy atom. The van der Waals surface area contributed by atoms with E-state index in [0.717, 1.165) is 10.2 Å². The second kappa shape index (κ2) is 4.68. The maximum absolute atomic E-state index is 8.81. The molecule has 1 N–H and O–H groups in total. The van der Waals surface area contributed by atoms with Gasteiger partial charge in [-0.15, -0.1) is 6.58 Å². The topological polar surface area (TPSA) is 35.8 Å². The Kier molecular flexibility index (Phi) is 3.53. The summed E-state index contributed by atoms with van der Waals surface area (Å²) in [6, 6.07) is 7.66. The number of rotatable bonds is 3. The van der Waals surface area contributed by atoms with E-state index >= 15 is 0 Å². The zero-order valence-electron chi connectivity index (χ0n) is 7.05. The van der Waals surface area contributed by atoms with Crippen molar-refractivity contribution < 1.29 is 0 Å². The van der Waals surface area contributed by atoms with Gasteiger partial charge in [0.05, 0.1) is 11.3 Å². The summed E-state index contributed by atoms with van der Waals surface area (Å²) in [5.41, 5.74) is 1.47. The maximum atomic E-state index is 8.81. The minimum atomic E-state index is 0.635. The Morgan fingerprint density at radius 3 is 3.00 bits per heavy atom. The summed E-state index contributed by atoms with van der Waals surface area (Å²) in [4.78, 5) is 0. The lowest BCUT2D eigenvalue weighted by Gasteiger charge is -2.05. The van der Waals surface area contributed by atoms with Gasteiger partial charge in [-0.2, -0.15) is 5.26 Å². The molecule has 1 rings (SSSR count). The molecule has 1 aromatic rings. The molecule has 1 aromatic carbocycles. The molecule has 0 amide bonds. The van der Waals surface area contributed by atoms with E-state index in [2.05, 4.69) is 33.9 Å². The van der Waals surface area contributed by atoms with Crippen LogP contribution in [0.4, 0.5) is 5.69 Å². The van der Waals surface area contributed by atoms with Crippen molar-refractivity contribution in [3.8, 4) is 6.07 Å². The van der Waals surface area contributed by atoms with Gasteiger partial charge < -0.3 is 5.32 Å². The Balaban J connectivity index is 2.94. The highest BCUT2D eigenvalue weighted by molar-refractivity contribution is 9.10. The first kappa shape index (κ1) is 9.82. The predicted molar refractivity (Wildman–Crippen MR) is 57.5 cm³/mol. The molecule has 0 unspecified atom stereocenters. The summed E-state index contributed by atoms with van der Waals surface area (Å²) in [6.07, 6.45) is 1.75. The van der Waals surface area contributed by atoms with E-state index in [1.807, 2.05) is 12.1 Å². The van der Waals surface area contributed by atoms with Gasteiger partial charge >= 0.3 is 0 Å². The largest absolute Gasteiger partial charge is 0.381 e. The molecule has 2 nitrogen and oxygen atoms in total. The third-order valence-corrected chi connectivity index (χ3v) is 2.03. The van der Waals surface area contributed by atoms with E-state index in [4.69, 9.17) is 5.26 Å². The van der Waals surface area contributed by atoms with Crippen LogP contribution in [0.2, 0.25) is 0 Å². The fourth-order valence-electron chi connectivity index (χ4n) is 0.945. The molecule has 13 heavy (non-hydrogen) atoms. The van der Waals surface area contributed by atoms with E-state index in [0.29, 0.717) is 12.1 Å². The number of halogens is 1. The molecule has 0 aromatic heterocycles. The predicted octanol–water partition coefficient (Wildman–Crippen LogP) is 2.92. The lowest BCUT2D eigenvalue weighted by atomic mass is 10.2. The Hall–Kier alpha value is -1.27. The molecule has 0 aliphatic rings. The van der Waals surface area contributed by atoms with E-state index in [-0.39, 0.29) is 0 Å². The van der Waals surface area contributed by atoms with Crippen LogP contribution in [0.25, 0.3) is 0 Å². The van der Waals surface area contributed by atoms with Crippen molar-refractivity contribution in [3.63, 3.8) is 0 Å². The van der Waals surface area contributed by atoms with E-state index < -0.39 is 0 Å². The first-order valence-electron chi connectivity index (χ1n) is 3.82. The highest BCUT2D eigenvalue weighted by Gasteiger charge is 2.00. The van der Waals surface area contributed by atoms with Crippen molar-refractivity contribution in [2.24, 2.45) is 0 Å². The molecular weight excluding hydrogens is 228 g/mol. The first-order chi connectivity index (χ1) is 6.27. The van der Waals surface area contributed by atoms with Crippen LogP contribution in [-0.2, 0) is 0 Å². The number of benzene rings is 1. The number of hydrogen-bond donors (Lipinski definition) is 1. The van der Waals surface area contributed by atoms with Crippen LogP contribution in [-0.4, -0.2) is 6.54 Å². The van der Waals surface area contributed by atoms with Crippen LogP contribution in [0.1, 0.15) is 5.56 Å². The van der Waals surface area contributed by atoms with Crippen molar-refractivity contribution in [1.82, 2.24) is 0 Å². The number of anilines is 1. The zero-order valence-corrected chi connectivity index (χ0v) is 8.63. The number of nitrogens with one attached hydrogen (secondary N) is 1. The molecule has 0 aliphatic heterocycles. The van der Waals surface area contributed by atoms with Crippen LogP contribution < -0.4 is 5.32 Å². The Morgan fingerprint density at radius 1 is 1.62 bits per heavy atom. The fraction of sp³-hybridized carbons (Fsp3) is 0.100. The van der Waals surface area contributed by atoms with Crippen LogP contribution >= 0.6 is 15.9 Å². The van der Waals surface area contributed by atoms with Crippen molar-refractivity contribution in [3.05, 3.63) is 40.9 Å². The van der Waals surface area contributed by atoms with Gasteiger partial charge in [0.25, 0.3) is 0 Å². The number of nitrogens with zero attached hydrogens (tertiary/aromatic N) is 1. The summed E-state index contributed by atoms with van der Waals surface area (Å²) in [7, 11) is 0. The van der Waals surface area contributed by atoms with Crippen molar-refractivity contribution >= 4 is 21.6 Å². The average Bonchev–Trinajstić information content (AvgIpc) is 2.16. The third kappa shape index (κ3) is 2.60. The lowest BCUT2D eigenvalue weighted by molar-refractivity contribution is 1.32. The molecule has 0 saturated carbocycles. The van der Waals surface area contributed by atoms with Gasteiger partial charge in [-0.3, -0.25) is 0 Å². The minimum Gasteiger partial charge on any atom is -0.381 e.